The molecular weight excluding hydrogens is 374 g/mol. The first kappa shape index (κ1) is 18.8. The van der Waals surface area contributed by atoms with Gasteiger partial charge in [0.15, 0.2) is 11.5 Å². The molecule has 1 aromatic rings. The van der Waals surface area contributed by atoms with E-state index >= 15 is 0 Å². The summed E-state index contributed by atoms with van der Waals surface area (Å²) in [5, 5.41) is 0. The van der Waals surface area contributed by atoms with Crippen LogP contribution in [0.4, 0.5) is 14.6 Å². The van der Waals surface area contributed by atoms with Crippen LogP contribution in [0.1, 0.15) is 36.7 Å². The lowest BCUT2D eigenvalue weighted by atomic mass is 10.1. The van der Waals surface area contributed by atoms with Gasteiger partial charge in [-0.1, -0.05) is 0 Å². The summed E-state index contributed by atoms with van der Waals surface area (Å²) < 4.78 is 37.3. The van der Waals surface area contributed by atoms with Crippen LogP contribution in [0.2, 0.25) is 0 Å². The first-order valence-corrected chi connectivity index (χ1v) is 9.40. The highest BCUT2D eigenvalue weighted by Gasteiger charge is 2.46. The number of ether oxygens (including phenoxy) is 2. The van der Waals surface area contributed by atoms with Crippen molar-refractivity contribution in [2.24, 2.45) is 5.92 Å². The molecule has 10 heteroatoms. The number of amides is 1. The number of esters is 1. The maximum absolute atomic E-state index is 13.2. The van der Waals surface area contributed by atoms with Crippen molar-refractivity contribution in [3.05, 3.63) is 11.9 Å². The van der Waals surface area contributed by atoms with Gasteiger partial charge >= 0.3 is 5.97 Å². The molecule has 0 spiro atoms. The van der Waals surface area contributed by atoms with Crippen LogP contribution in [-0.4, -0.2) is 71.6 Å². The number of likely N-dealkylation sites (tertiary alicyclic amines) is 1. The Morgan fingerprint density at radius 3 is 2.68 bits per heavy atom. The van der Waals surface area contributed by atoms with Crippen LogP contribution in [0, 0.1) is 5.92 Å². The molecule has 0 N–H and O–H groups in total. The number of aromatic nitrogens is 2. The number of carbonyl (C=O) groups excluding carboxylic acids is 2. The van der Waals surface area contributed by atoms with E-state index in [2.05, 4.69) is 9.97 Å². The van der Waals surface area contributed by atoms with Crippen molar-refractivity contribution in [2.75, 3.05) is 37.7 Å². The Kier molecular flexibility index (Phi) is 4.80. The highest BCUT2D eigenvalue weighted by atomic mass is 19.3. The van der Waals surface area contributed by atoms with Crippen molar-refractivity contribution in [3.63, 3.8) is 0 Å². The zero-order chi connectivity index (χ0) is 19.9. The molecule has 1 saturated carbocycles. The average molecular weight is 396 g/mol. The van der Waals surface area contributed by atoms with Crippen molar-refractivity contribution < 1.29 is 27.8 Å². The topological polar surface area (TPSA) is 84.9 Å². The minimum atomic E-state index is -2.74. The van der Waals surface area contributed by atoms with E-state index in [-0.39, 0.29) is 35.4 Å². The standard InChI is InChI=1S/C18H22F2N4O4/c1-11(25)28-13-4-5-23(7-13)17(26)14-6-21-15(24-9-18(19,20)10-24)16(22-14)27-8-12-2-3-12/h6,12-13H,2-5,7-10H2,1H3/t13-/m0/s1. The Hall–Kier alpha value is -2.52. The Bertz CT molecular complexity index is 779. The van der Waals surface area contributed by atoms with Crippen molar-refractivity contribution in [1.82, 2.24) is 14.9 Å². The summed E-state index contributed by atoms with van der Waals surface area (Å²) in [5.74, 6) is -2.68. The molecular formula is C18H22F2N4O4. The molecule has 0 unspecified atom stereocenters. The van der Waals surface area contributed by atoms with E-state index in [4.69, 9.17) is 9.47 Å². The molecule has 2 saturated heterocycles. The third-order valence-electron chi connectivity index (χ3n) is 5.00. The zero-order valence-corrected chi connectivity index (χ0v) is 15.6. The summed E-state index contributed by atoms with van der Waals surface area (Å²) in [5.41, 5.74) is 0.0882. The second-order valence-corrected chi connectivity index (χ2v) is 7.62. The van der Waals surface area contributed by atoms with E-state index in [1.165, 1.54) is 18.0 Å². The van der Waals surface area contributed by atoms with Crippen LogP contribution in [0.5, 0.6) is 5.88 Å². The smallest absolute Gasteiger partial charge is 0.302 e. The van der Waals surface area contributed by atoms with E-state index < -0.39 is 19.0 Å². The maximum Gasteiger partial charge on any atom is 0.302 e. The highest BCUT2D eigenvalue weighted by Crippen LogP contribution is 2.36. The molecule has 0 aromatic carbocycles. The van der Waals surface area contributed by atoms with Crippen molar-refractivity contribution in [2.45, 2.75) is 38.2 Å². The summed E-state index contributed by atoms with van der Waals surface area (Å²) >= 11 is 0. The lowest BCUT2D eigenvalue weighted by Gasteiger charge is -2.39. The molecule has 3 fully saturated rings. The predicted octanol–water partition coefficient (Wildman–Crippen LogP) is 1.50. The van der Waals surface area contributed by atoms with Gasteiger partial charge in [-0.3, -0.25) is 9.59 Å². The third-order valence-corrected chi connectivity index (χ3v) is 5.00. The lowest BCUT2D eigenvalue weighted by molar-refractivity contribution is -0.145. The quantitative estimate of drug-likeness (QED) is 0.674. The fourth-order valence-electron chi connectivity index (χ4n) is 3.33. The first-order valence-electron chi connectivity index (χ1n) is 9.40. The number of hydrogen-bond donors (Lipinski definition) is 0. The monoisotopic (exact) mass is 396 g/mol. The minimum absolute atomic E-state index is 0.0882. The Morgan fingerprint density at radius 1 is 1.29 bits per heavy atom. The van der Waals surface area contributed by atoms with Gasteiger partial charge in [-0.25, -0.2) is 18.7 Å². The number of rotatable bonds is 6. The summed E-state index contributed by atoms with van der Waals surface area (Å²) in [4.78, 5) is 35.2. The van der Waals surface area contributed by atoms with Crippen LogP contribution < -0.4 is 9.64 Å². The molecule has 1 aliphatic carbocycles. The summed E-state index contributed by atoms with van der Waals surface area (Å²) in [6, 6.07) is 0. The molecule has 0 radical (unpaired) electrons. The largest absolute Gasteiger partial charge is 0.475 e. The van der Waals surface area contributed by atoms with Crippen LogP contribution in [0.15, 0.2) is 6.20 Å². The predicted molar refractivity (Wildman–Crippen MR) is 93.5 cm³/mol. The number of nitrogens with zero attached hydrogens (tertiary/aromatic N) is 4. The number of anilines is 1. The van der Waals surface area contributed by atoms with Crippen LogP contribution >= 0.6 is 0 Å². The van der Waals surface area contributed by atoms with Gasteiger partial charge in [0, 0.05) is 19.9 Å². The Balaban J connectivity index is 1.48. The minimum Gasteiger partial charge on any atom is -0.475 e. The third kappa shape index (κ3) is 4.15. The first-order chi connectivity index (χ1) is 13.3. The van der Waals surface area contributed by atoms with Gasteiger partial charge in [0.1, 0.15) is 6.10 Å². The lowest BCUT2D eigenvalue weighted by Crippen LogP contribution is -2.56. The number of carbonyl (C=O) groups is 2. The van der Waals surface area contributed by atoms with Crippen molar-refractivity contribution >= 4 is 17.7 Å². The molecule has 2 aliphatic heterocycles. The second-order valence-electron chi connectivity index (χ2n) is 7.62. The van der Waals surface area contributed by atoms with Gasteiger partial charge in [0.25, 0.3) is 17.7 Å². The Labute approximate surface area is 160 Å². The molecule has 1 amide bonds. The molecule has 8 nitrogen and oxygen atoms in total. The van der Waals surface area contributed by atoms with Gasteiger partial charge in [0.2, 0.25) is 0 Å². The number of halogens is 2. The number of hydrogen-bond acceptors (Lipinski definition) is 7. The van der Waals surface area contributed by atoms with Crippen molar-refractivity contribution in [3.8, 4) is 5.88 Å². The van der Waals surface area contributed by atoms with Gasteiger partial charge in [0.05, 0.1) is 32.4 Å². The van der Waals surface area contributed by atoms with Crippen LogP contribution in [0.25, 0.3) is 0 Å². The molecule has 3 aliphatic rings. The van der Waals surface area contributed by atoms with E-state index in [9.17, 15) is 18.4 Å². The average Bonchev–Trinajstić information content (AvgIpc) is 3.34. The molecule has 1 atom stereocenters. The maximum atomic E-state index is 13.2. The molecule has 1 aromatic heterocycles. The molecule has 4 rings (SSSR count). The summed E-state index contributed by atoms with van der Waals surface area (Å²) in [7, 11) is 0. The second kappa shape index (κ2) is 7.14. The van der Waals surface area contributed by atoms with E-state index in [0.717, 1.165) is 12.8 Å². The van der Waals surface area contributed by atoms with Gasteiger partial charge in [-0.05, 0) is 18.8 Å². The van der Waals surface area contributed by atoms with Crippen LogP contribution in [-0.2, 0) is 9.53 Å². The molecule has 28 heavy (non-hydrogen) atoms. The number of alkyl halides is 2. The summed E-state index contributed by atoms with van der Waals surface area (Å²) in [6.07, 6.45) is 3.65. The summed E-state index contributed by atoms with van der Waals surface area (Å²) in [6.45, 7) is 1.62. The highest BCUT2D eigenvalue weighted by molar-refractivity contribution is 5.92. The van der Waals surface area contributed by atoms with Gasteiger partial charge < -0.3 is 19.3 Å². The van der Waals surface area contributed by atoms with Crippen molar-refractivity contribution in [1.29, 1.82) is 0 Å². The van der Waals surface area contributed by atoms with Crippen LogP contribution in [0.3, 0.4) is 0 Å². The molecule has 3 heterocycles. The van der Waals surface area contributed by atoms with Gasteiger partial charge in [-0.2, -0.15) is 0 Å². The van der Waals surface area contributed by atoms with E-state index in [1.54, 1.807) is 4.90 Å². The molecule has 152 valence electrons. The Morgan fingerprint density at radius 2 is 2.04 bits per heavy atom. The van der Waals surface area contributed by atoms with Gasteiger partial charge in [-0.15, -0.1) is 0 Å². The molecule has 0 bridgehead atoms. The SMILES string of the molecule is CC(=O)O[C@H]1CCN(C(=O)c2cnc(N3CC(F)(F)C3)c(OCC3CC3)n2)C1. The zero-order valence-electron chi connectivity index (χ0n) is 15.6. The van der Waals surface area contributed by atoms with E-state index in [1.807, 2.05) is 0 Å². The fourth-order valence-corrected chi connectivity index (χ4v) is 3.33. The fraction of sp³-hybridized carbons (Fsp3) is 0.667. The van der Waals surface area contributed by atoms with E-state index in [0.29, 0.717) is 32.0 Å². The normalized spacial score (nSPS) is 23.3.